The van der Waals surface area contributed by atoms with Crippen molar-refractivity contribution in [3.63, 3.8) is 0 Å². The normalized spacial score (nSPS) is 26.2. The summed E-state index contributed by atoms with van der Waals surface area (Å²) in [4.78, 5) is 2.39. The number of nitrogens with two attached hydrogens (primary N) is 1. The number of nitrogen functional groups attached to an aromatic ring is 1. The Balaban J connectivity index is 1.94. The highest BCUT2D eigenvalue weighted by atomic mass is 19.1. The van der Waals surface area contributed by atoms with Crippen LogP contribution in [0, 0.1) is 11.7 Å². The Kier molecular flexibility index (Phi) is 3.72. The van der Waals surface area contributed by atoms with E-state index < -0.39 is 0 Å². The van der Waals surface area contributed by atoms with Gasteiger partial charge in [-0.3, -0.25) is 0 Å². The van der Waals surface area contributed by atoms with Gasteiger partial charge >= 0.3 is 0 Å². The number of hydrogen-bond acceptors (Lipinski definition) is 3. The third kappa shape index (κ3) is 2.32. The van der Waals surface area contributed by atoms with Crippen molar-refractivity contribution in [1.82, 2.24) is 0 Å². The van der Waals surface area contributed by atoms with Gasteiger partial charge in [-0.15, -0.1) is 0 Å². The van der Waals surface area contributed by atoms with Crippen LogP contribution < -0.4 is 15.4 Å². The minimum atomic E-state index is -0.383. The number of hydrogen-bond donors (Lipinski definition) is 1. The first-order valence-electron chi connectivity index (χ1n) is 7.60. The Hall–Kier alpha value is -1.45. The number of benzene rings is 1. The van der Waals surface area contributed by atoms with Gasteiger partial charge in [0.05, 0.1) is 18.5 Å². The van der Waals surface area contributed by atoms with E-state index in [4.69, 9.17) is 10.5 Å². The Labute approximate surface area is 119 Å². The fraction of sp³-hybridized carbons (Fsp3) is 0.625. The molecule has 2 fully saturated rings. The lowest BCUT2D eigenvalue weighted by Crippen LogP contribution is -2.47. The zero-order valence-corrected chi connectivity index (χ0v) is 12.1. The second-order valence-electron chi connectivity index (χ2n) is 5.99. The van der Waals surface area contributed by atoms with Crippen LogP contribution in [0.3, 0.4) is 0 Å². The van der Waals surface area contributed by atoms with Gasteiger partial charge in [0, 0.05) is 24.7 Å². The first-order chi connectivity index (χ1) is 9.70. The van der Waals surface area contributed by atoms with E-state index in [0.717, 1.165) is 18.2 Å². The van der Waals surface area contributed by atoms with Crippen LogP contribution in [0.1, 0.15) is 38.5 Å². The molecule has 3 nitrogen and oxygen atoms in total. The maximum absolute atomic E-state index is 13.7. The molecule has 1 saturated heterocycles. The first-order valence-corrected chi connectivity index (χ1v) is 7.60. The van der Waals surface area contributed by atoms with E-state index >= 15 is 0 Å². The molecule has 0 radical (unpaired) electrons. The number of rotatable bonds is 2. The maximum Gasteiger partial charge on any atom is 0.167 e. The molecule has 3 rings (SSSR count). The van der Waals surface area contributed by atoms with Crippen LogP contribution in [0.25, 0.3) is 0 Å². The van der Waals surface area contributed by atoms with E-state index in [1.807, 2.05) is 0 Å². The van der Waals surface area contributed by atoms with Gasteiger partial charge in [0.2, 0.25) is 0 Å². The molecule has 1 aromatic carbocycles. The summed E-state index contributed by atoms with van der Waals surface area (Å²) in [6, 6.07) is 3.72. The molecule has 1 aliphatic carbocycles. The van der Waals surface area contributed by atoms with Gasteiger partial charge in [0.1, 0.15) is 0 Å². The van der Waals surface area contributed by atoms with Crippen LogP contribution in [0.15, 0.2) is 12.1 Å². The molecule has 2 atom stereocenters. The van der Waals surface area contributed by atoms with Gasteiger partial charge in [-0.05, 0) is 31.6 Å². The largest absolute Gasteiger partial charge is 0.494 e. The summed E-state index contributed by atoms with van der Waals surface area (Å²) in [5.74, 6) is 0.672. The topological polar surface area (TPSA) is 38.5 Å². The summed E-state index contributed by atoms with van der Waals surface area (Å²) in [6.07, 6.45) is 7.69. The summed E-state index contributed by atoms with van der Waals surface area (Å²) < 4.78 is 18.8. The van der Waals surface area contributed by atoms with Gasteiger partial charge in [-0.25, -0.2) is 4.39 Å². The van der Waals surface area contributed by atoms with Crippen LogP contribution in [0.4, 0.5) is 15.8 Å². The Morgan fingerprint density at radius 1 is 1.20 bits per heavy atom. The van der Waals surface area contributed by atoms with Crippen molar-refractivity contribution in [2.45, 2.75) is 44.6 Å². The van der Waals surface area contributed by atoms with E-state index in [9.17, 15) is 4.39 Å². The molecule has 0 aromatic heterocycles. The average molecular weight is 278 g/mol. The van der Waals surface area contributed by atoms with Crippen molar-refractivity contribution in [3.8, 4) is 5.75 Å². The van der Waals surface area contributed by atoms with Crippen LogP contribution in [0.2, 0.25) is 0 Å². The van der Waals surface area contributed by atoms with Gasteiger partial charge in [-0.1, -0.05) is 12.8 Å². The number of anilines is 2. The molecule has 1 aliphatic heterocycles. The molecule has 1 aromatic rings. The molecular formula is C16H23FN2O. The summed E-state index contributed by atoms with van der Waals surface area (Å²) >= 11 is 0. The molecule has 0 amide bonds. The van der Waals surface area contributed by atoms with Crippen LogP contribution in [-0.4, -0.2) is 19.7 Å². The van der Waals surface area contributed by atoms with Gasteiger partial charge in [-0.2, -0.15) is 0 Å². The monoisotopic (exact) mass is 278 g/mol. The van der Waals surface area contributed by atoms with Gasteiger partial charge in [0.15, 0.2) is 11.6 Å². The van der Waals surface area contributed by atoms with Crippen LogP contribution in [0.5, 0.6) is 5.75 Å². The minimum Gasteiger partial charge on any atom is -0.494 e. The quantitative estimate of drug-likeness (QED) is 0.840. The summed E-state index contributed by atoms with van der Waals surface area (Å²) in [6.45, 7) is 1.01. The lowest BCUT2D eigenvalue weighted by molar-refractivity contribution is 0.244. The Morgan fingerprint density at radius 3 is 2.75 bits per heavy atom. The van der Waals surface area contributed by atoms with Gasteiger partial charge in [0.25, 0.3) is 0 Å². The molecule has 20 heavy (non-hydrogen) atoms. The summed E-state index contributed by atoms with van der Waals surface area (Å²) in [7, 11) is 1.50. The Morgan fingerprint density at radius 2 is 1.95 bits per heavy atom. The zero-order chi connectivity index (χ0) is 14.1. The number of nitrogens with zero attached hydrogens (tertiary/aromatic N) is 1. The molecule has 2 unspecified atom stereocenters. The van der Waals surface area contributed by atoms with E-state index in [0.29, 0.717) is 11.7 Å². The average Bonchev–Trinajstić information content (AvgIpc) is 2.47. The Bertz CT molecular complexity index is 490. The SMILES string of the molecule is COc1cc(N2CCCC3CCCCC32)c(N)cc1F. The molecule has 0 bridgehead atoms. The second kappa shape index (κ2) is 5.51. The van der Waals surface area contributed by atoms with Crippen molar-refractivity contribution >= 4 is 11.4 Å². The van der Waals surface area contributed by atoms with Crippen molar-refractivity contribution < 1.29 is 9.13 Å². The number of ether oxygens (including phenoxy) is 1. The lowest BCUT2D eigenvalue weighted by atomic mass is 9.78. The molecule has 0 spiro atoms. The standard InChI is InChI=1S/C16H23FN2O/c1-20-16-10-15(13(18)9-12(16)17)19-8-4-6-11-5-2-3-7-14(11)19/h9-11,14H,2-8,18H2,1H3. The van der Waals surface area contributed by atoms with E-state index in [-0.39, 0.29) is 11.6 Å². The molecule has 4 heteroatoms. The molecule has 110 valence electrons. The van der Waals surface area contributed by atoms with E-state index in [2.05, 4.69) is 4.90 Å². The number of methoxy groups -OCH3 is 1. The highest BCUT2D eigenvalue weighted by Crippen LogP contribution is 2.41. The van der Waals surface area contributed by atoms with E-state index in [1.165, 1.54) is 51.7 Å². The van der Waals surface area contributed by atoms with Crippen molar-refractivity contribution in [2.24, 2.45) is 5.92 Å². The molecule has 1 saturated carbocycles. The molecule has 1 heterocycles. The summed E-state index contributed by atoms with van der Waals surface area (Å²) in [5, 5.41) is 0. The fourth-order valence-electron chi connectivity index (χ4n) is 3.89. The number of piperidine rings is 1. The minimum absolute atomic E-state index is 0.284. The van der Waals surface area contributed by atoms with Crippen LogP contribution in [-0.2, 0) is 0 Å². The predicted molar refractivity (Wildman–Crippen MR) is 79.7 cm³/mol. The molecule has 2 N–H and O–H groups in total. The smallest absolute Gasteiger partial charge is 0.167 e. The highest BCUT2D eigenvalue weighted by Gasteiger charge is 2.34. The summed E-state index contributed by atoms with van der Waals surface area (Å²) in [5.41, 5.74) is 7.53. The number of halogens is 1. The maximum atomic E-state index is 13.7. The zero-order valence-electron chi connectivity index (χ0n) is 12.1. The third-order valence-electron chi connectivity index (χ3n) is 4.85. The first kappa shape index (κ1) is 13.5. The van der Waals surface area contributed by atoms with E-state index in [1.54, 1.807) is 6.07 Å². The molecule has 2 aliphatic rings. The fourth-order valence-corrected chi connectivity index (χ4v) is 3.89. The highest BCUT2D eigenvalue weighted by molar-refractivity contribution is 5.70. The van der Waals surface area contributed by atoms with Crippen molar-refractivity contribution in [2.75, 3.05) is 24.3 Å². The van der Waals surface area contributed by atoms with Crippen molar-refractivity contribution in [3.05, 3.63) is 17.9 Å². The number of fused-ring (bicyclic) bond motifs is 1. The van der Waals surface area contributed by atoms with Crippen LogP contribution >= 0.6 is 0 Å². The third-order valence-corrected chi connectivity index (χ3v) is 4.85. The van der Waals surface area contributed by atoms with Crippen molar-refractivity contribution in [1.29, 1.82) is 0 Å². The lowest BCUT2D eigenvalue weighted by Gasteiger charge is -2.45. The van der Waals surface area contributed by atoms with Gasteiger partial charge < -0.3 is 15.4 Å². The molecular weight excluding hydrogens is 255 g/mol. The predicted octanol–water partition coefficient (Wildman–Crippen LogP) is 3.58. The second-order valence-corrected chi connectivity index (χ2v) is 5.99.